The molecule has 1 aromatic rings. The van der Waals surface area contributed by atoms with Crippen LogP contribution in [0.3, 0.4) is 0 Å². The zero-order chi connectivity index (χ0) is 13.9. The summed E-state index contributed by atoms with van der Waals surface area (Å²) in [6, 6.07) is 4.10. The molecule has 1 atom stereocenters. The molecule has 2 heterocycles. The van der Waals surface area contributed by atoms with Crippen molar-refractivity contribution in [1.29, 1.82) is 0 Å². The Labute approximate surface area is 119 Å². The van der Waals surface area contributed by atoms with Gasteiger partial charge in [0.1, 0.15) is 11.5 Å². The van der Waals surface area contributed by atoms with Gasteiger partial charge in [0.05, 0.1) is 19.3 Å². The third-order valence-electron chi connectivity index (χ3n) is 3.99. The van der Waals surface area contributed by atoms with Crippen LogP contribution in [0.2, 0.25) is 0 Å². The number of amides is 1. The molecule has 1 amide bonds. The molecule has 0 aromatic carbocycles. The lowest BCUT2D eigenvalue weighted by Gasteiger charge is -2.33. The van der Waals surface area contributed by atoms with E-state index in [1.165, 1.54) is 0 Å². The summed E-state index contributed by atoms with van der Waals surface area (Å²) in [6.07, 6.45) is 2.07. The zero-order valence-corrected chi connectivity index (χ0v) is 11.9. The van der Waals surface area contributed by atoms with Crippen molar-refractivity contribution in [2.75, 3.05) is 32.8 Å². The van der Waals surface area contributed by atoms with E-state index in [1.807, 2.05) is 19.1 Å². The van der Waals surface area contributed by atoms with Crippen LogP contribution in [0.25, 0.3) is 0 Å². The molecule has 3 rings (SSSR count). The molecule has 1 aliphatic heterocycles. The molecule has 1 unspecified atom stereocenters. The minimum Gasteiger partial charge on any atom is -0.465 e. The van der Waals surface area contributed by atoms with Crippen LogP contribution in [0.5, 0.6) is 0 Å². The highest BCUT2D eigenvalue weighted by Crippen LogP contribution is 2.29. The Kier molecular flexibility index (Phi) is 4.08. The highest BCUT2D eigenvalue weighted by Gasteiger charge is 2.31. The molecular formula is C15H22N2O3. The summed E-state index contributed by atoms with van der Waals surface area (Å²) in [5.41, 5.74) is 0. The first-order valence-electron chi connectivity index (χ1n) is 7.40. The molecule has 20 heavy (non-hydrogen) atoms. The summed E-state index contributed by atoms with van der Waals surface area (Å²) in [4.78, 5) is 14.2. The van der Waals surface area contributed by atoms with Crippen LogP contribution >= 0.6 is 0 Å². The van der Waals surface area contributed by atoms with Gasteiger partial charge in [0.25, 0.3) is 0 Å². The fourth-order valence-electron chi connectivity index (χ4n) is 2.62. The van der Waals surface area contributed by atoms with E-state index in [-0.39, 0.29) is 17.9 Å². The van der Waals surface area contributed by atoms with Crippen molar-refractivity contribution in [2.45, 2.75) is 25.8 Å². The smallest absolute Gasteiger partial charge is 0.223 e. The highest BCUT2D eigenvalue weighted by atomic mass is 16.5. The Morgan fingerprint density at radius 1 is 1.40 bits per heavy atom. The summed E-state index contributed by atoms with van der Waals surface area (Å²) >= 11 is 0. The number of morpholine rings is 1. The van der Waals surface area contributed by atoms with Gasteiger partial charge in [-0.1, -0.05) is 0 Å². The lowest BCUT2D eigenvalue weighted by atomic mass is 10.1. The Morgan fingerprint density at radius 2 is 2.15 bits per heavy atom. The average Bonchev–Trinajstić information content (AvgIpc) is 3.23. The molecular weight excluding hydrogens is 256 g/mol. The van der Waals surface area contributed by atoms with Gasteiger partial charge >= 0.3 is 0 Å². The van der Waals surface area contributed by atoms with Crippen molar-refractivity contribution in [3.8, 4) is 0 Å². The van der Waals surface area contributed by atoms with Gasteiger partial charge in [0.15, 0.2) is 0 Å². The summed E-state index contributed by atoms with van der Waals surface area (Å²) in [6.45, 7) is 5.80. The van der Waals surface area contributed by atoms with Crippen LogP contribution in [-0.4, -0.2) is 43.7 Å². The van der Waals surface area contributed by atoms with E-state index >= 15 is 0 Å². The molecule has 5 nitrogen and oxygen atoms in total. The second kappa shape index (κ2) is 5.97. The van der Waals surface area contributed by atoms with Crippen LogP contribution in [0.15, 0.2) is 16.5 Å². The van der Waals surface area contributed by atoms with Gasteiger partial charge in [0.2, 0.25) is 5.91 Å². The zero-order valence-electron chi connectivity index (χ0n) is 11.9. The van der Waals surface area contributed by atoms with Crippen molar-refractivity contribution in [2.24, 2.45) is 5.92 Å². The number of ether oxygens (including phenoxy) is 1. The maximum Gasteiger partial charge on any atom is 0.223 e. The molecule has 2 fully saturated rings. The number of hydrogen-bond acceptors (Lipinski definition) is 4. The number of rotatable bonds is 5. The Bertz CT molecular complexity index is 461. The number of nitrogens with zero attached hydrogens (tertiary/aromatic N) is 1. The fourth-order valence-corrected chi connectivity index (χ4v) is 2.62. The second-order valence-electron chi connectivity index (χ2n) is 5.63. The standard InChI is InChI=1S/C15H22N2O3/c1-11-2-5-14(20-11)13(17-6-8-19-9-7-17)10-16-15(18)12-3-4-12/h2,5,12-13H,3-4,6-10H2,1H3,(H,16,18). The molecule has 1 aromatic heterocycles. The molecule has 1 saturated carbocycles. The molecule has 0 spiro atoms. The normalized spacial score (nSPS) is 21.6. The Morgan fingerprint density at radius 3 is 2.75 bits per heavy atom. The topological polar surface area (TPSA) is 54.7 Å². The lowest BCUT2D eigenvalue weighted by molar-refractivity contribution is -0.122. The minimum atomic E-state index is 0.107. The van der Waals surface area contributed by atoms with E-state index in [1.54, 1.807) is 0 Å². The van der Waals surface area contributed by atoms with E-state index < -0.39 is 0 Å². The average molecular weight is 278 g/mol. The lowest BCUT2D eigenvalue weighted by Crippen LogP contribution is -2.44. The fraction of sp³-hybridized carbons (Fsp3) is 0.667. The first kappa shape index (κ1) is 13.6. The molecule has 0 bridgehead atoms. The van der Waals surface area contributed by atoms with Gasteiger partial charge in [0, 0.05) is 25.6 Å². The van der Waals surface area contributed by atoms with Crippen molar-refractivity contribution >= 4 is 5.91 Å². The second-order valence-corrected chi connectivity index (χ2v) is 5.63. The minimum absolute atomic E-state index is 0.107. The van der Waals surface area contributed by atoms with Crippen molar-refractivity contribution in [3.63, 3.8) is 0 Å². The molecule has 2 aliphatic rings. The first-order chi connectivity index (χ1) is 9.74. The predicted octanol–water partition coefficient (Wildman–Crippen LogP) is 1.49. The van der Waals surface area contributed by atoms with E-state index in [4.69, 9.17) is 9.15 Å². The number of carbonyl (C=O) groups excluding carboxylic acids is 1. The van der Waals surface area contributed by atoms with Crippen LogP contribution < -0.4 is 5.32 Å². The highest BCUT2D eigenvalue weighted by molar-refractivity contribution is 5.80. The molecule has 1 aliphatic carbocycles. The Balaban J connectivity index is 1.66. The number of carbonyl (C=O) groups is 1. The van der Waals surface area contributed by atoms with Crippen molar-refractivity contribution < 1.29 is 13.9 Å². The SMILES string of the molecule is Cc1ccc(C(CNC(=O)C2CC2)N2CCOCC2)o1. The summed E-state index contributed by atoms with van der Waals surface area (Å²) in [7, 11) is 0. The molecule has 5 heteroatoms. The number of furan rings is 1. The van der Waals surface area contributed by atoms with E-state index in [0.717, 1.165) is 50.7 Å². The summed E-state index contributed by atoms with van der Waals surface area (Å²) in [5.74, 6) is 2.28. The van der Waals surface area contributed by atoms with Gasteiger partial charge in [-0.05, 0) is 31.9 Å². The van der Waals surface area contributed by atoms with E-state index in [9.17, 15) is 4.79 Å². The van der Waals surface area contributed by atoms with Gasteiger partial charge < -0.3 is 14.5 Å². The maximum atomic E-state index is 11.8. The van der Waals surface area contributed by atoms with Crippen molar-refractivity contribution in [1.82, 2.24) is 10.2 Å². The largest absolute Gasteiger partial charge is 0.465 e. The van der Waals surface area contributed by atoms with E-state index in [2.05, 4.69) is 10.2 Å². The van der Waals surface area contributed by atoms with Crippen LogP contribution in [-0.2, 0) is 9.53 Å². The number of hydrogen-bond donors (Lipinski definition) is 1. The number of aryl methyl sites for hydroxylation is 1. The summed E-state index contributed by atoms with van der Waals surface area (Å²) < 4.78 is 11.2. The number of nitrogens with one attached hydrogen (secondary N) is 1. The van der Waals surface area contributed by atoms with Crippen LogP contribution in [0.1, 0.15) is 30.4 Å². The third-order valence-corrected chi connectivity index (χ3v) is 3.99. The molecule has 0 radical (unpaired) electrons. The van der Waals surface area contributed by atoms with Crippen LogP contribution in [0.4, 0.5) is 0 Å². The maximum absolute atomic E-state index is 11.8. The predicted molar refractivity (Wildman–Crippen MR) is 74.3 cm³/mol. The Hall–Kier alpha value is -1.33. The van der Waals surface area contributed by atoms with Gasteiger partial charge in [-0.25, -0.2) is 0 Å². The quantitative estimate of drug-likeness (QED) is 0.886. The monoisotopic (exact) mass is 278 g/mol. The molecule has 110 valence electrons. The van der Waals surface area contributed by atoms with Gasteiger partial charge in [-0.2, -0.15) is 0 Å². The third kappa shape index (κ3) is 3.22. The van der Waals surface area contributed by atoms with E-state index in [0.29, 0.717) is 6.54 Å². The van der Waals surface area contributed by atoms with Crippen molar-refractivity contribution in [3.05, 3.63) is 23.7 Å². The molecule has 1 saturated heterocycles. The van der Waals surface area contributed by atoms with Crippen LogP contribution in [0, 0.1) is 12.8 Å². The summed E-state index contributed by atoms with van der Waals surface area (Å²) in [5, 5.41) is 3.07. The first-order valence-corrected chi connectivity index (χ1v) is 7.40. The van der Waals surface area contributed by atoms with Gasteiger partial charge in [-0.15, -0.1) is 0 Å². The van der Waals surface area contributed by atoms with Gasteiger partial charge in [-0.3, -0.25) is 9.69 Å². The molecule has 1 N–H and O–H groups in total.